The second kappa shape index (κ2) is 9.89. The number of rotatable bonds is 8. The van der Waals surface area contributed by atoms with Gasteiger partial charge in [0.1, 0.15) is 12.4 Å². The van der Waals surface area contributed by atoms with Crippen molar-refractivity contribution in [2.75, 3.05) is 26.6 Å². The molecule has 0 spiro atoms. The summed E-state index contributed by atoms with van der Waals surface area (Å²) in [5.74, 6) is 0.785. The molecule has 0 saturated heterocycles. The molecule has 1 amide bonds. The molecule has 0 fully saturated rings. The molecule has 30 heavy (non-hydrogen) atoms. The number of hydrogen-bond donors (Lipinski definition) is 2. The van der Waals surface area contributed by atoms with Gasteiger partial charge in [-0.2, -0.15) is 0 Å². The van der Waals surface area contributed by atoms with Gasteiger partial charge in [0.25, 0.3) is 5.91 Å². The Kier molecular flexibility index (Phi) is 7.03. The molecule has 5 nitrogen and oxygen atoms in total. The third-order valence-electron chi connectivity index (χ3n) is 4.95. The number of nitrogens with one attached hydrogen (secondary N) is 2. The Balaban J connectivity index is 1.89. The van der Waals surface area contributed by atoms with E-state index in [0.29, 0.717) is 23.7 Å². The van der Waals surface area contributed by atoms with Gasteiger partial charge in [0.15, 0.2) is 17.5 Å². The van der Waals surface area contributed by atoms with Gasteiger partial charge in [-0.15, -0.1) is 0 Å². The van der Waals surface area contributed by atoms with Crippen LogP contribution < -0.4 is 19.7 Å². The van der Waals surface area contributed by atoms with E-state index in [0.717, 1.165) is 16.0 Å². The minimum atomic E-state index is -0.479. The summed E-state index contributed by atoms with van der Waals surface area (Å²) in [6.45, 7) is 0.538. The van der Waals surface area contributed by atoms with Crippen LogP contribution in [0.25, 0.3) is 0 Å². The normalized spacial score (nSPS) is 12.7. The fraction of sp³-hybridized carbons (Fsp3) is 0.208. The Morgan fingerprint density at radius 1 is 0.967 bits per heavy atom. The highest BCUT2D eigenvalue weighted by Crippen LogP contribution is 2.30. The van der Waals surface area contributed by atoms with Crippen LogP contribution in [0.1, 0.15) is 17.2 Å². The van der Waals surface area contributed by atoms with E-state index in [-0.39, 0.29) is 11.7 Å². The average Bonchev–Trinajstić information content (AvgIpc) is 2.76. The number of likely N-dealkylation sites (N-methyl/N-ethyl adjacent to an activating group) is 1. The van der Waals surface area contributed by atoms with E-state index in [1.807, 2.05) is 55.6 Å². The van der Waals surface area contributed by atoms with Gasteiger partial charge in [0, 0.05) is 11.3 Å². The van der Waals surface area contributed by atoms with Crippen molar-refractivity contribution in [3.05, 3.63) is 89.7 Å². The maximum atomic E-state index is 13.2. The first-order valence-corrected chi connectivity index (χ1v) is 9.67. The highest BCUT2D eigenvalue weighted by atomic mass is 19.1. The first kappa shape index (κ1) is 21.3. The van der Waals surface area contributed by atoms with E-state index in [1.165, 1.54) is 12.1 Å². The zero-order chi connectivity index (χ0) is 21.5. The number of benzene rings is 3. The molecule has 3 aromatic rings. The molecule has 0 aliphatic rings. The number of halogens is 1. The van der Waals surface area contributed by atoms with Gasteiger partial charge >= 0.3 is 0 Å². The molecule has 2 N–H and O–H groups in total. The van der Waals surface area contributed by atoms with Crippen molar-refractivity contribution in [2.24, 2.45) is 0 Å². The van der Waals surface area contributed by atoms with Crippen molar-refractivity contribution in [1.29, 1.82) is 0 Å². The van der Waals surface area contributed by atoms with Gasteiger partial charge in [-0.3, -0.25) is 4.79 Å². The first-order chi connectivity index (χ1) is 14.5. The number of carbonyl (C=O) groups excluding carboxylic acids is 1. The van der Waals surface area contributed by atoms with Crippen LogP contribution in [0.3, 0.4) is 0 Å². The molecule has 2 atom stereocenters. The molecule has 0 saturated carbocycles. The van der Waals surface area contributed by atoms with Gasteiger partial charge in [0.2, 0.25) is 0 Å². The Hall–Kier alpha value is -3.38. The third kappa shape index (κ3) is 4.96. The van der Waals surface area contributed by atoms with Crippen molar-refractivity contribution in [3.8, 4) is 11.5 Å². The zero-order valence-corrected chi connectivity index (χ0v) is 17.3. The maximum absolute atomic E-state index is 13.2. The molecule has 0 radical (unpaired) electrons. The average molecular weight is 409 g/mol. The fourth-order valence-corrected chi connectivity index (χ4v) is 3.55. The third-order valence-corrected chi connectivity index (χ3v) is 4.95. The number of carbonyl (C=O) groups is 1. The smallest absolute Gasteiger partial charge is 0.287 e. The van der Waals surface area contributed by atoms with Crippen LogP contribution in [0.2, 0.25) is 0 Å². The second-order valence-corrected chi connectivity index (χ2v) is 7.02. The second-order valence-electron chi connectivity index (χ2n) is 7.02. The van der Waals surface area contributed by atoms with Gasteiger partial charge in [-0.25, -0.2) is 4.39 Å². The van der Waals surface area contributed by atoms with E-state index in [4.69, 9.17) is 9.47 Å². The molecule has 156 valence electrons. The number of ether oxygens (including phenoxy) is 2. The van der Waals surface area contributed by atoms with E-state index in [9.17, 15) is 9.18 Å². The molecule has 0 aliphatic heterocycles. The predicted octanol–water partition coefficient (Wildman–Crippen LogP) is 3.24. The van der Waals surface area contributed by atoms with Crippen LogP contribution in [-0.2, 0) is 11.3 Å². The molecule has 0 aromatic heterocycles. The van der Waals surface area contributed by atoms with E-state index in [1.54, 1.807) is 26.4 Å². The Bertz CT molecular complexity index is 978. The van der Waals surface area contributed by atoms with Crippen molar-refractivity contribution in [3.63, 3.8) is 0 Å². The summed E-state index contributed by atoms with van der Waals surface area (Å²) in [4.78, 5) is 14.2. The van der Waals surface area contributed by atoms with Crippen LogP contribution in [0, 0.1) is 5.82 Å². The van der Waals surface area contributed by atoms with Crippen molar-refractivity contribution >= 4 is 11.6 Å². The van der Waals surface area contributed by atoms with Crippen molar-refractivity contribution < 1.29 is 23.6 Å². The van der Waals surface area contributed by atoms with Gasteiger partial charge < -0.3 is 19.7 Å². The highest BCUT2D eigenvalue weighted by molar-refractivity contribution is 5.94. The van der Waals surface area contributed by atoms with Crippen LogP contribution in [0.4, 0.5) is 10.1 Å². The van der Waals surface area contributed by atoms with E-state index < -0.39 is 6.04 Å². The number of quaternary nitrogens is 1. The van der Waals surface area contributed by atoms with Crippen molar-refractivity contribution in [1.82, 2.24) is 0 Å². The van der Waals surface area contributed by atoms with Crippen LogP contribution >= 0.6 is 0 Å². The van der Waals surface area contributed by atoms with Crippen molar-refractivity contribution in [2.45, 2.75) is 12.6 Å². The minimum Gasteiger partial charge on any atom is -0.493 e. The molecule has 6 heteroatoms. The molecule has 0 heterocycles. The monoisotopic (exact) mass is 409 g/mol. The first-order valence-electron chi connectivity index (χ1n) is 9.67. The summed E-state index contributed by atoms with van der Waals surface area (Å²) in [5, 5.41) is 2.90. The molecular formula is C24H26FN2O3+. The molecule has 1 unspecified atom stereocenters. The van der Waals surface area contributed by atoms with Crippen LogP contribution in [0.5, 0.6) is 11.5 Å². The SMILES string of the molecule is COc1cccc(C[NH+](C)[C@H](C(=O)Nc2ccc(F)cc2)c2ccccc2)c1OC. The predicted molar refractivity (Wildman–Crippen MR) is 114 cm³/mol. The zero-order valence-electron chi connectivity index (χ0n) is 17.3. The largest absolute Gasteiger partial charge is 0.493 e. The quantitative estimate of drug-likeness (QED) is 0.601. The molecule has 0 bridgehead atoms. The van der Waals surface area contributed by atoms with Gasteiger partial charge in [0.05, 0.1) is 26.8 Å². The summed E-state index contributed by atoms with van der Waals surface area (Å²) in [6, 6.07) is 20.6. The lowest BCUT2D eigenvalue weighted by molar-refractivity contribution is -0.915. The summed E-state index contributed by atoms with van der Waals surface area (Å²) in [6.07, 6.45) is 0. The summed E-state index contributed by atoms with van der Waals surface area (Å²) in [7, 11) is 5.16. The Morgan fingerprint density at radius 3 is 2.30 bits per heavy atom. The van der Waals surface area contributed by atoms with Gasteiger partial charge in [-0.05, 0) is 36.4 Å². The Morgan fingerprint density at radius 2 is 1.67 bits per heavy atom. The number of amides is 1. The summed E-state index contributed by atoms with van der Waals surface area (Å²) in [5.41, 5.74) is 2.37. The fourth-order valence-electron chi connectivity index (χ4n) is 3.55. The Labute approximate surface area is 176 Å². The topological polar surface area (TPSA) is 52.0 Å². The van der Waals surface area contributed by atoms with E-state index in [2.05, 4.69) is 5.32 Å². The van der Waals surface area contributed by atoms with Crippen LogP contribution in [-0.4, -0.2) is 27.2 Å². The number of anilines is 1. The lowest BCUT2D eigenvalue weighted by atomic mass is 10.0. The van der Waals surface area contributed by atoms with Gasteiger partial charge in [-0.1, -0.05) is 36.4 Å². The lowest BCUT2D eigenvalue weighted by Crippen LogP contribution is -3.09. The summed E-state index contributed by atoms with van der Waals surface area (Å²) < 4.78 is 24.2. The number of hydrogen-bond acceptors (Lipinski definition) is 3. The minimum absolute atomic E-state index is 0.174. The number of para-hydroxylation sites is 1. The van der Waals surface area contributed by atoms with E-state index >= 15 is 0 Å². The standard InChI is InChI=1S/C24H25FN2O3/c1-27(16-18-10-7-11-21(29-2)23(18)30-3)22(17-8-5-4-6-9-17)24(28)26-20-14-12-19(25)13-15-20/h4-15,22H,16H2,1-3H3,(H,26,28)/p+1/t22-/m0/s1. The maximum Gasteiger partial charge on any atom is 0.287 e. The molecule has 0 aliphatic carbocycles. The molecule has 3 aromatic carbocycles. The summed E-state index contributed by atoms with van der Waals surface area (Å²) >= 11 is 0. The number of methoxy groups -OCH3 is 2. The highest BCUT2D eigenvalue weighted by Gasteiger charge is 2.30. The lowest BCUT2D eigenvalue weighted by Gasteiger charge is -2.25. The molecule has 3 rings (SSSR count). The molecular weight excluding hydrogens is 383 g/mol. The van der Waals surface area contributed by atoms with Crippen LogP contribution in [0.15, 0.2) is 72.8 Å².